The number of hydrogen-bond acceptors (Lipinski definition) is 4. The van der Waals surface area contributed by atoms with Crippen LogP contribution in [0.4, 0.5) is 0 Å². The van der Waals surface area contributed by atoms with E-state index in [1.54, 1.807) is 0 Å². The zero-order chi connectivity index (χ0) is 16.7. The van der Waals surface area contributed by atoms with Crippen LogP contribution in [0.2, 0.25) is 0 Å². The summed E-state index contributed by atoms with van der Waals surface area (Å²) in [7, 11) is 0. The molecule has 0 aliphatic carbocycles. The van der Waals surface area contributed by atoms with E-state index in [9.17, 15) is 9.90 Å². The minimum Gasteiger partial charge on any atom is -0.492 e. The van der Waals surface area contributed by atoms with E-state index in [1.165, 1.54) is 0 Å². The summed E-state index contributed by atoms with van der Waals surface area (Å²) in [5, 5.41) is 9.22. The zero-order valence-electron chi connectivity index (χ0n) is 14.2. The molecule has 1 saturated heterocycles. The summed E-state index contributed by atoms with van der Waals surface area (Å²) in [5.74, 6) is 0.163. The van der Waals surface area contributed by atoms with E-state index in [0.29, 0.717) is 13.2 Å². The molecule has 1 aromatic carbocycles. The standard InChI is InChI=1S/C18H28N2O3/c1-3-19(4-2)12-13-23-16-9-7-15(8-10-16)14-20-11-5-6-17(20)18(21)22/h7-10,17H,3-6,11-14H2,1-2H3,(H,21,22). The number of hydrogen-bond donors (Lipinski definition) is 1. The third kappa shape index (κ3) is 5.22. The van der Waals surface area contributed by atoms with Crippen molar-refractivity contribution in [3.05, 3.63) is 29.8 Å². The van der Waals surface area contributed by atoms with Gasteiger partial charge in [-0.2, -0.15) is 0 Å². The second kappa shape index (κ2) is 8.89. The topological polar surface area (TPSA) is 53.0 Å². The van der Waals surface area contributed by atoms with E-state index in [2.05, 4.69) is 18.7 Å². The fraction of sp³-hybridized carbons (Fsp3) is 0.611. The highest BCUT2D eigenvalue weighted by atomic mass is 16.5. The van der Waals surface area contributed by atoms with E-state index in [-0.39, 0.29) is 6.04 Å². The van der Waals surface area contributed by atoms with Crippen LogP contribution in [-0.4, -0.2) is 59.7 Å². The number of benzene rings is 1. The van der Waals surface area contributed by atoms with Crippen molar-refractivity contribution in [1.29, 1.82) is 0 Å². The number of likely N-dealkylation sites (tertiary alicyclic amines) is 1. The van der Waals surface area contributed by atoms with Crippen LogP contribution in [0.1, 0.15) is 32.3 Å². The lowest BCUT2D eigenvalue weighted by Crippen LogP contribution is -2.35. The third-order valence-electron chi connectivity index (χ3n) is 4.53. The van der Waals surface area contributed by atoms with Crippen LogP contribution < -0.4 is 4.74 Å². The van der Waals surface area contributed by atoms with Gasteiger partial charge < -0.3 is 14.7 Å². The van der Waals surface area contributed by atoms with Gasteiger partial charge in [-0.3, -0.25) is 9.69 Å². The Morgan fingerprint density at radius 1 is 1.30 bits per heavy atom. The Kier molecular flexibility index (Phi) is 6.86. The molecule has 1 heterocycles. The molecule has 1 aromatic rings. The molecule has 1 unspecified atom stereocenters. The zero-order valence-corrected chi connectivity index (χ0v) is 14.2. The number of carboxylic acids is 1. The molecule has 1 fully saturated rings. The average molecular weight is 320 g/mol. The van der Waals surface area contributed by atoms with Crippen molar-refractivity contribution < 1.29 is 14.6 Å². The SMILES string of the molecule is CCN(CC)CCOc1ccc(CN2CCCC2C(=O)O)cc1. The number of likely N-dealkylation sites (N-methyl/N-ethyl adjacent to an activating group) is 1. The average Bonchev–Trinajstić information content (AvgIpc) is 3.01. The molecule has 5 nitrogen and oxygen atoms in total. The molecule has 1 aliphatic heterocycles. The predicted molar refractivity (Wildman–Crippen MR) is 90.8 cm³/mol. The monoisotopic (exact) mass is 320 g/mol. The molecule has 0 amide bonds. The van der Waals surface area contributed by atoms with Crippen LogP contribution >= 0.6 is 0 Å². The number of nitrogens with zero attached hydrogens (tertiary/aromatic N) is 2. The van der Waals surface area contributed by atoms with Crippen LogP contribution in [0.25, 0.3) is 0 Å². The molecule has 0 spiro atoms. The van der Waals surface area contributed by atoms with Gasteiger partial charge in [0.1, 0.15) is 18.4 Å². The second-order valence-electron chi connectivity index (χ2n) is 5.99. The third-order valence-corrected chi connectivity index (χ3v) is 4.53. The Balaban J connectivity index is 1.81. The predicted octanol–water partition coefficient (Wildman–Crippen LogP) is 2.46. The fourth-order valence-corrected chi connectivity index (χ4v) is 3.05. The molecule has 0 aromatic heterocycles. The maximum atomic E-state index is 11.2. The van der Waals surface area contributed by atoms with Crippen molar-refractivity contribution >= 4 is 5.97 Å². The van der Waals surface area contributed by atoms with Crippen molar-refractivity contribution in [3.8, 4) is 5.75 Å². The summed E-state index contributed by atoms with van der Waals surface area (Å²) in [5.41, 5.74) is 1.13. The van der Waals surface area contributed by atoms with Gasteiger partial charge in [0.15, 0.2) is 0 Å². The van der Waals surface area contributed by atoms with Crippen LogP contribution in [0.5, 0.6) is 5.75 Å². The van der Waals surface area contributed by atoms with Gasteiger partial charge in [-0.25, -0.2) is 0 Å². The van der Waals surface area contributed by atoms with Crippen LogP contribution in [0, 0.1) is 0 Å². The van der Waals surface area contributed by atoms with Crippen LogP contribution in [0.3, 0.4) is 0 Å². The summed E-state index contributed by atoms with van der Waals surface area (Å²) in [4.78, 5) is 15.6. The highest BCUT2D eigenvalue weighted by molar-refractivity contribution is 5.73. The minimum atomic E-state index is -0.709. The van der Waals surface area contributed by atoms with Crippen molar-refractivity contribution in [2.45, 2.75) is 39.3 Å². The Labute approximate surface area is 138 Å². The molecule has 2 rings (SSSR count). The number of ether oxygens (including phenoxy) is 1. The van der Waals surface area contributed by atoms with Gasteiger partial charge in [-0.15, -0.1) is 0 Å². The summed E-state index contributed by atoms with van der Waals surface area (Å²) < 4.78 is 5.78. The van der Waals surface area contributed by atoms with Gasteiger partial charge >= 0.3 is 5.97 Å². The highest BCUT2D eigenvalue weighted by Gasteiger charge is 2.30. The molecule has 0 bridgehead atoms. The smallest absolute Gasteiger partial charge is 0.320 e. The first-order valence-corrected chi connectivity index (χ1v) is 8.55. The van der Waals surface area contributed by atoms with E-state index < -0.39 is 5.97 Å². The van der Waals surface area contributed by atoms with Gasteiger partial charge in [-0.05, 0) is 50.2 Å². The maximum absolute atomic E-state index is 11.2. The largest absolute Gasteiger partial charge is 0.492 e. The lowest BCUT2D eigenvalue weighted by molar-refractivity contribution is -0.142. The molecule has 1 N–H and O–H groups in total. The van der Waals surface area contributed by atoms with Gasteiger partial charge in [0.05, 0.1) is 0 Å². The fourth-order valence-electron chi connectivity index (χ4n) is 3.05. The number of carboxylic acid groups (broad SMARTS) is 1. The van der Waals surface area contributed by atoms with E-state index in [0.717, 1.165) is 50.3 Å². The normalized spacial score (nSPS) is 18.5. The molecule has 128 valence electrons. The Bertz CT molecular complexity index is 486. The quantitative estimate of drug-likeness (QED) is 0.757. The lowest BCUT2D eigenvalue weighted by Gasteiger charge is -2.21. The van der Waals surface area contributed by atoms with Crippen molar-refractivity contribution in [2.75, 3.05) is 32.8 Å². The molecule has 23 heavy (non-hydrogen) atoms. The van der Waals surface area contributed by atoms with Gasteiger partial charge in [-0.1, -0.05) is 26.0 Å². The van der Waals surface area contributed by atoms with Crippen molar-refractivity contribution in [3.63, 3.8) is 0 Å². The molecule has 1 atom stereocenters. The summed E-state index contributed by atoms with van der Waals surface area (Å²) in [6.07, 6.45) is 1.71. The Hall–Kier alpha value is -1.59. The van der Waals surface area contributed by atoms with Crippen LogP contribution in [-0.2, 0) is 11.3 Å². The summed E-state index contributed by atoms with van der Waals surface area (Å²) in [6.45, 7) is 9.56. The first-order chi connectivity index (χ1) is 11.1. The molecule has 5 heteroatoms. The summed E-state index contributed by atoms with van der Waals surface area (Å²) >= 11 is 0. The Morgan fingerprint density at radius 3 is 2.61 bits per heavy atom. The number of carbonyl (C=O) groups is 1. The van der Waals surface area contributed by atoms with Gasteiger partial charge in [0, 0.05) is 13.1 Å². The maximum Gasteiger partial charge on any atom is 0.320 e. The Morgan fingerprint density at radius 2 is 2.00 bits per heavy atom. The minimum absolute atomic E-state index is 0.333. The van der Waals surface area contributed by atoms with Crippen molar-refractivity contribution in [2.24, 2.45) is 0 Å². The first kappa shape index (κ1) is 17.8. The molecular formula is C18H28N2O3. The second-order valence-corrected chi connectivity index (χ2v) is 5.99. The summed E-state index contributed by atoms with van der Waals surface area (Å²) in [6, 6.07) is 7.68. The molecule has 1 aliphatic rings. The van der Waals surface area contributed by atoms with Gasteiger partial charge in [0.2, 0.25) is 0 Å². The van der Waals surface area contributed by atoms with Gasteiger partial charge in [0.25, 0.3) is 0 Å². The van der Waals surface area contributed by atoms with E-state index in [4.69, 9.17) is 4.74 Å². The lowest BCUT2D eigenvalue weighted by atomic mass is 10.2. The number of rotatable bonds is 9. The first-order valence-electron chi connectivity index (χ1n) is 8.55. The highest BCUT2D eigenvalue weighted by Crippen LogP contribution is 2.21. The molecular weight excluding hydrogens is 292 g/mol. The van der Waals surface area contributed by atoms with E-state index in [1.807, 2.05) is 29.2 Å². The van der Waals surface area contributed by atoms with Crippen molar-refractivity contribution in [1.82, 2.24) is 9.80 Å². The van der Waals surface area contributed by atoms with E-state index >= 15 is 0 Å². The number of aliphatic carboxylic acids is 1. The molecule has 0 radical (unpaired) electrons. The van der Waals surface area contributed by atoms with Crippen LogP contribution in [0.15, 0.2) is 24.3 Å². The molecule has 0 saturated carbocycles.